The van der Waals surface area contributed by atoms with Crippen molar-refractivity contribution in [2.45, 2.75) is 13.3 Å². The van der Waals surface area contributed by atoms with Crippen LogP contribution in [0.25, 0.3) is 5.65 Å². The van der Waals surface area contributed by atoms with Gasteiger partial charge in [-0.25, -0.2) is 4.79 Å². The number of hydrogen-bond donors (Lipinski definition) is 2. The van der Waals surface area contributed by atoms with Crippen molar-refractivity contribution in [3.05, 3.63) is 67.6 Å². The van der Waals surface area contributed by atoms with E-state index >= 15 is 0 Å². The van der Waals surface area contributed by atoms with E-state index in [1.165, 1.54) is 30.5 Å². The number of carbonyl (C=O) groups excluding carboxylic acids is 1. The van der Waals surface area contributed by atoms with Gasteiger partial charge < -0.3 is 14.8 Å². The van der Waals surface area contributed by atoms with Gasteiger partial charge in [-0.1, -0.05) is 12.1 Å². The first-order chi connectivity index (χ1) is 12.4. The lowest BCUT2D eigenvalue weighted by atomic mass is 10.1. The minimum Gasteiger partial charge on any atom is -0.493 e. The monoisotopic (exact) mass is 358 g/mol. The Kier molecular flexibility index (Phi) is 4.40. The van der Waals surface area contributed by atoms with Gasteiger partial charge in [0.15, 0.2) is 5.65 Å². The van der Waals surface area contributed by atoms with Crippen LogP contribution in [0.4, 0.5) is 5.69 Å². The standard InChI is InChI=1S/C16H14N4O6/c1-2-26-16(23)12-8-17-19-13(12)18-14(21)11(15(19)22)7-9-3-5-10(6-4-9)20(24)25/h3-6,8,22H,2,7H2,1H3,(H,18,21). The second-order valence-corrected chi connectivity index (χ2v) is 5.40. The Hall–Kier alpha value is -3.69. The molecule has 0 spiro atoms. The number of fused-ring (bicyclic) bond motifs is 1. The Morgan fingerprint density at radius 2 is 2.08 bits per heavy atom. The fourth-order valence-corrected chi connectivity index (χ4v) is 2.50. The zero-order valence-corrected chi connectivity index (χ0v) is 13.6. The van der Waals surface area contributed by atoms with Crippen molar-refractivity contribution in [1.29, 1.82) is 0 Å². The van der Waals surface area contributed by atoms with Gasteiger partial charge in [-0.15, -0.1) is 0 Å². The van der Waals surface area contributed by atoms with E-state index in [9.17, 15) is 24.8 Å². The molecule has 2 N–H and O–H groups in total. The molecule has 26 heavy (non-hydrogen) atoms. The van der Waals surface area contributed by atoms with Crippen molar-refractivity contribution in [2.75, 3.05) is 6.61 Å². The van der Waals surface area contributed by atoms with Crippen LogP contribution in [0, 0.1) is 10.1 Å². The molecule has 10 heteroatoms. The highest BCUT2D eigenvalue weighted by molar-refractivity contribution is 5.95. The van der Waals surface area contributed by atoms with E-state index in [1.54, 1.807) is 6.92 Å². The van der Waals surface area contributed by atoms with Crippen LogP contribution in [-0.2, 0) is 11.2 Å². The van der Waals surface area contributed by atoms with Gasteiger partial charge in [0, 0.05) is 18.6 Å². The lowest BCUT2D eigenvalue weighted by Crippen LogP contribution is -2.17. The SMILES string of the molecule is CCOC(=O)c1cnn2c(O)c(Cc3ccc([N+](=O)[O-])cc3)c(=O)[nH]c12. The average molecular weight is 358 g/mol. The van der Waals surface area contributed by atoms with E-state index in [0.29, 0.717) is 5.56 Å². The summed E-state index contributed by atoms with van der Waals surface area (Å²) in [5, 5.41) is 25.0. The molecule has 3 aromatic rings. The summed E-state index contributed by atoms with van der Waals surface area (Å²) in [5.41, 5.74) is -0.00851. The fraction of sp³-hybridized carbons (Fsp3) is 0.188. The third-order valence-corrected chi connectivity index (χ3v) is 3.77. The number of nitro groups is 1. The highest BCUT2D eigenvalue weighted by Crippen LogP contribution is 2.21. The lowest BCUT2D eigenvalue weighted by molar-refractivity contribution is -0.384. The number of nitrogens with one attached hydrogen (secondary N) is 1. The Balaban J connectivity index is 2.01. The number of H-pyrrole nitrogens is 1. The van der Waals surface area contributed by atoms with Crippen LogP contribution < -0.4 is 5.56 Å². The minimum absolute atomic E-state index is 0.0184. The smallest absolute Gasteiger partial charge is 0.343 e. The number of rotatable bonds is 5. The van der Waals surface area contributed by atoms with E-state index in [0.717, 1.165) is 4.52 Å². The summed E-state index contributed by atoms with van der Waals surface area (Å²) in [4.78, 5) is 36.9. The third-order valence-electron chi connectivity index (χ3n) is 3.77. The number of carbonyl (C=O) groups is 1. The number of esters is 1. The zero-order valence-electron chi connectivity index (χ0n) is 13.6. The van der Waals surface area contributed by atoms with Crippen molar-refractivity contribution in [3.63, 3.8) is 0 Å². The molecular weight excluding hydrogens is 344 g/mol. The van der Waals surface area contributed by atoms with Gasteiger partial charge in [0.05, 0.1) is 23.3 Å². The predicted molar refractivity (Wildman–Crippen MR) is 89.3 cm³/mol. The third kappa shape index (κ3) is 2.99. The summed E-state index contributed by atoms with van der Waals surface area (Å²) in [5.74, 6) is -1.08. The number of nitrogens with zero attached hydrogens (tertiary/aromatic N) is 3. The highest BCUT2D eigenvalue weighted by Gasteiger charge is 2.20. The van der Waals surface area contributed by atoms with Crippen LogP contribution in [0.5, 0.6) is 5.88 Å². The largest absolute Gasteiger partial charge is 0.493 e. The van der Waals surface area contributed by atoms with E-state index in [-0.39, 0.29) is 35.5 Å². The van der Waals surface area contributed by atoms with Crippen LogP contribution in [0.2, 0.25) is 0 Å². The molecule has 0 saturated heterocycles. The zero-order chi connectivity index (χ0) is 18.8. The molecule has 10 nitrogen and oxygen atoms in total. The van der Waals surface area contributed by atoms with Gasteiger partial charge in [0.1, 0.15) is 5.56 Å². The Morgan fingerprint density at radius 3 is 2.69 bits per heavy atom. The molecule has 0 radical (unpaired) electrons. The molecule has 2 heterocycles. The summed E-state index contributed by atoms with van der Waals surface area (Å²) >= 11 is 0. The number of nitro benzene ring substituents is 1. The number of aromatic hydroxyl groups is 1. The minimum atomic E-state index is -0.666. The molecule has 0 aliphatic rings. The molecule has 0 saturated carbocycles. The average Bonchev–Trinajstić information content (AvgIpc) is 3.03. The van der Waals surface area contributed by atoms with Crippen molar-refractivity contribution in [2.24, 2.45) is 0 Å². The number of ether oxygens (including phenoxy) is 1. The first kappa shape index (κ1) is 17.1. The maximum atomic E-state index is 12.3. The van der Waals surface area contributed by atoms with E-state index in [1.807, 2.05) is 0 Å². The van der Waals surface area contributed by atoms with Crippen LogP contribution in [0.3, 0.4) is 0 Å². The van der Waals surface area contributed by atoms with E-state index in [2.05, 4.69) is 10.1 Å². The maximum Gasteiger partial charge on any atom is 0.343 e. The number of hydrogen-bond acceptors (Lipinski definition) is 7. The maximum absolute atomic E-state index is 12.3. The molecular formula is C16H14N4O6. The summed E-state index contributed by atoms with van der Waals surface area (Å²) in [7, 11) is 0. The highest BCUT2D eigenvalue weighted by atomic mass is 16.6. The molecule has 0 aliphatic heterocycles. The first-order valence-corrected chi connectivity index (χ1v) is 7.64. The molecule has 0 amide bonds. The Labute approximate surface area is 145 Å². The van der Waals surface area contributed by atoms with Gasteiger partial charge >= 0.3 is 5.97 Å². The summed E-state index contributed by atoms with van der Waals surface area (Å²) in [6.07, 6.45) is 1.22. The van der Waals surface area contributed by atoms with Gasteiger partial charge in [-0.2, -0.15) is 9.61 Å². The molecule has 0 unspecified atom stereocenters. The van der Waals surface area contributed by atoms with Crippen molar-refractivity contribution in [3.8, 4) is 5.88 Å². The predicted octanol–water partition coefficient (Wildman–Crippen LogP) is 1.40. The van der Waals surface area contributed by atoms with Crippen LogP contribution >= 0.6 is 0 Å². The van der Waals surface area contributed by atoms with Crippen LogP contribution in [0.1, 0.15) is 28.4 Å². The van der Waals surface area contributed by atoms with E-state index < -0.39 is 22.3 Å². The molecule has 0 aliphatic carbocycles. The van der Waals surface area contributed by atoms with Gasteiger partial charge in [0.2, 0.25) is 5.88 Å². The molecule has 0 bridgehead atoms. The van der Waals surface area contributed by atoms with Gasteiger partial charge in [0.25, 0.3) is 11.2 Å². The molecule has 1 aromatic carbocycles. The topological polar surface area (TPSA) is 140 Å². The molecule has 3 rings (SSSR count). The normalized spacial score (nSPS) is 10.8. The molecule has 0 fully saturated rings. The number of benzene rings is 1. The molecule has 2 aromatic heterocycles. The number of aromatic nitrogens is 3. The quantitative estimate of drug-likeness (QED) is 0.399. The van der Waals surface area contributed by atoms with Gasteiger partial charge in [-0.3, -0.25) is 14.9 Å². The second-order valence-electron chi connectivity index (χ2n) is 5.40. The molecule has 134 valence electrons. The van der Waals surface area contributed by atoms with Crippen LogP contribution in [-0.4, -0.2) is 37.2 Å². The fourth-order valence-electron chi connectivity index (χ4n) is 2.50. The summed E-state index contributed by atoms with van der Waals surface area (Å²) in [6, 6.07) is 5.61. The number of non-ortho nitro benzene ring substituents is 1. The molecule has 0 atom stereocenters. The van der Waals surface area contributed by atoms with Gasteiger partial charge in [-0.05, 0) is 12.5 Å². The van der Waals surface area contributed by atoms with Crippen LogP contribution in [0.15, 0.2) is 35.3 Å². The summed E-state index contributed by atoms with van der Waals surface area (Å²) in [6.45, 7) is 1.80. The van der Waals surface area contributed by atoms with E-state index in [4.69, 9.17) is 4.74 Å². The summed E-state index contributed by atoms with van der Waals surface area (Å²) < 4.78 is 5.92. The Bertz CT molecular complexity index is 1050. The van der Waals surface area contributed by atoms with Crippen molar-refractivity contribution < 1.29 is 19.6 Å². The lowest BCUT2D eigenvalue weighted by Gasteiger charge is -2.06. The first-order valence-electron chi connectivity index (χ1n) is 7.64. The van der Waals surface area contributed by atoms with Crippen molar-refractivity contribution >= 4 is 17.3 Å². The second kappa shape index (κ2) is 6.67. The number of aromatic amines is 1. The Morgan fingerprint density at radius 1 is 1.38 bits per heavy atom. The van der Waals surface area contributed by atoms with Crippen molar-refractivity contribution in [1.82, 2.24) is 14.6 Å².